The first-order valence-corrected chi connectivity index (χ1v) is 6.10. The molecule has 1 fully saturated rings. The molecule has 3 atom stereocenters. The fourth-order valence-corrected chi connectivity index (χ4v) is 2.21. The van der Waals surface area contributed by atoms with E-state index in [-0.39, 0.29) is 23.8 Å². The van der Waals surface area contributed by atoms with Crippen LogP contribution in [0.2, 0.25) is 0 Å². The lowest BCUT2D eigenvalue weighted by Crippen LogP contribution is -2.38. The van der Waals surface area contributed by atoms with Gasteiger partial charge in [-0.25, -0.2) is 0 Å². The lowest BCUT2D eigenvalue weighted by molar-refractivity contribution is -0.122. The van der Waals surface area contributed by atoms with Crippen molar-refractivity contribution < 1.29 is 4.79 Å². The summed E-state index contributed by atoms with van der Waals surface area (Å²) in [5.74, 6) is 0.313. The van der Waals surface area contributed by atoms with Gasteiger partial charge in [0.25, 0.3) is 0 Å². The van der Waals surface area contributed by atoms with Gasteiger partial charge in [-0.1, -0.05) is 13.3 Å². The molecule has 90 valence electrons. The Bertz CT molecular complexity index is 268. The van der Waals surface area contributed by atoms with Gasteiger partial charge < -0.3 is 11.1 Å². The monoisotopic (exact) mass is 223 g/mol. The maximum Gasteiger partial charge on any atom is 0.220 e. The molecule has 1 amide bonds. The number of nitriles is 1. The van der Waals surface area contributed by atoms with E-state index in [9.17, 15) is 4.79 Å². The molecule has 0 heterocycles. The highest BCUT2D eigenvalue weighted by molar-refractivity contribution is 5.76. The summed E-state index contributed by atoms with van der Waals surface area (Å²) in [6.07, 6.45) is 4.30. The number of hydrogen-bond donors (Lipinski definition) is 2. The molecule has 0 radical (unpaired) electrons. The predicted octanol–water partition coefficient (Wildman–Crippen LogP) is 1.17. The van der Waals surface area contributed by atoms with Crippen LogP contribution < -0.4 is 11.1 Å². The molecule has 0 saturated heterocycles. The Hall–Kier alpha value is -1.08. The van der Waals surface area contributed by atoms with E-state index in [0.717, 1.165) is 25.7 Å². The fourth-order valence-electron chi connectivity index (χ4n) is 2.21. The molecule has 4 heteroatoms. The number of carbonyl (C=O) groups excluding carboxylic acids is 1. The smallest absolute Gasteiger partial charge is 0.220 e. The van der Waals surface area contributed by atoms with Gasteiger partial charge in [0.05, 0.1) is 12.0 Å². The molecular weight excluding hydrogens is 202 g/mol. The van der Waals surface area contributed by atoms with Crippen molar-refractivity contribution in [3.8, 4) is 6.07 Å². The second kappa shape index (κ2) is 6.49. The molecule has 4 nitrogen and oxygen atoms in total. The van der Waals surface area contributed by atoms with Crippen LogP contribution >= 0.6 is 0 Å². The van der Waals surface area contributed by atoms with Crippen LogP contribution in [0.25, 0.3) is 0 Å². The molecule has 1 rings (SSSR count). The van der Waals surface area contributed by atoms with Crippen LogP contribution in [0.1, 0.15) is 39.0 Å². The first-order chi connectivity index (χ1) is 7.71. The standard InChI is InChI=1S/C12H21N3O/c1-2-9(7-13)6-12(16)15-11-5-3-4-10(11)8-14/h9-11H,2-7,13H2,1H3,(H,15,16). The maximum atomic E-state index is 11.7. The molecule has 0 aromatic carbocycles. The summed E-state index contributed by atoms with van der Waals surface area (Å²) in [5.41, 5.74) is 5.56. The topological polar surface area (TPSA) is 78.9 Å². The third-order valence-corrected chi connectivity index (χ3v) is 3.41. The molecule has 0 aliphatic heterocycles. The molecule has 0 aromatic heterocycles. The largest absolute Gasteiger partial charge is 0.352 e. The zero-order chi connectivity index (χ0) is 12.0. The third kappa shape index (κ3) is 3.49. The molecule has 3 N–H and O–H groups in total. The molecule has 0 bridgehead atoms. The van der Waals surface area contributed by atoms with Crippen molar-refractivity contribution in [1.29, 1.82) is 5.26 Å². The highest BCUT2D eigenvalue weighted by Gasteiger charge is 2.28. The van der Waals surface area contributed by atoms with Crippen molar-refractivity contribution in [3.63, 3.8) is 0 Å². The Labute approximate surface area is 97.2 Å². The average Bonchev–Trinajstić information content (AvgIpc) is 2.73. The van der Waals surface area contributed by atoms with Gasteiger partial charge in [-0.2, -0.15) is 5.26 Å². The minimum Gasteiger partial charge on any atom is -0.352 e. The van der Waals surface area contributed by atoms with Gasteiger partial charge in [0.1, 0.15) is 0 Å². The fraction of sp³-hybridized carbons (Fsp3) is 0.833. The highest BCUT2D eigenvalue weighted by Crippen LogP contribution is 2.25. The van der Waals surface area contributed by atoms with Gasteiger partial charge in [0.15, 0.2) is 0 Å². The van der Waals surface area contributed by atoms with Crippen LogP contribution in [0.5, 0.6) is 0 Å². The Balaban J connectivity index is 2.36. The molecule has 0 aromatic rings. The third-order valence-electron chi connectivity index (χ3n) is 3.41. The SMILES string of the molecule is CCC(CN)CC(=O)NC1CCCC1C#N. The van der Waals surface area contributed by atoms with Crippen LogP contribution in [0.4, 0.5) is 0 Å². The van der Waals surface area contributed by atoms with Crippen LogP contribution in [0.3, 0.4) is 0 Å². The zero-order valence-corrected chi connectivity index (χ0v) is 9.91. The van der Waals surface area contributed by atoms with Gasteiger partial charge >= 0.3 is 0 Å². The summed E-state index contributed by atoms with van der Waals surface area (Å²) in [4.78, 5) is 11.7. The van der Waals surface area contributed by atoms with E-state index >= 15 is 0 Å². The summed E-state index contributed by atoms with van der Waals surface area (Å²) < 4.78 is 0. The molecule has 0 spiro atoms. The quantitative estimate of drug-likeness (QED) is 0.734. The second-order valence-electron chi connectivity index (χ2n) is 4.55. The Morgan fingerprint density at radius 1 is 1.62 bits per heavy atom. The van der Waals surface area contributed by atoms with Crippen LogP contribution in [0.15, 0.2) is 0 Å². The molecule has 1 aliphatic rings. The van der Waals surface area contributed by atoms with Gasteiger partial charge in [-0.05, 0) is 31.7 Å². The summed E-state index contributed by atoms with van der Waals surface area (Å²) in [5, 5.41) is 11.9. The van der Waals surface area contributed by atoms with E-state index in [1.807, 2.05) is 6.92 Å². The molecule has 3 unspecified atom stereocenters. The van der Waals surface area contributed by atoms with Crippen molar-refractivity contribution in [3.05, 3.63) is 0 Å². The summed E-state index contributed by atoms with van der Waals surface area (Å²) in [7, 11) is 0. The highest BCUT2D eigenvalue weighted by atomic mass is 16.1. The van der Waals surface area contributed by atoms with Crippen LogP contribution in [0, 0.1) is 23.2 Å². The van der Waals surface area contributed by atoms with E-state index in [4.69, 9.17) is 11.0 Å². The zero-order valence-electron chi connectivity index (χ0n) is 9.91. The number of nitrogens with one attached hydrogen (secondary N) is 1. The molecule has 1 saturated carbocycles. The van der Waals surface area contributed by atoms with Gasteiger partial charge in [0.2, 0.25) is 5.91 Å². The Morgan fingerprint density at radius 3 is 2.94 bits per heavy atom. The minimum atomic E-state index is 0.00176. The van der Waals surface area contributed by atoms with Crippen LogP contribution in [-0.4, -0.2) is 18.5 Å². The Morgan fingerprint density at radius 2 is 2.38 bits per heavy atom. The van der Waals surface area contributed by atoms with Crippen molar-refractivity contribution in [2.45, 2.75) is 45.1 Å². The van der Waals surface area contributed by atoms with E-state index in [0.29, 0.717) is 13.0 Å². The normalized spacial score (nSPS) is 26.1. The van der Waals surface area contributed by atoms with Gasteiger partial charge in [-0.15, -0.1) is 0 Å². The summed E-state index contributed by atoms with van der Waals surface area (Å²) in [6, 6.07) is 2.32. The van der Waals surface area contributed by atoms with E-state index in [1.54, 1.807) is 0 Å². The van der Waals surface area contributed by atoms with E-state index < -0.39 is 0 Å². The van der Waals surface area contributed by atoms with E-state index in [1.165, 1.54) is 0 Å². The van der Waals surface area contributed by atoms with Crippen molar-refractivity contribution in [1.82, 2.24) is 5.32 Å². The van der Waals surface area contributed by atoms with Crippen LogP contribution in [-0.2, 0) is 4.79 Å². The maximum absolute atomic E-state index is 11.7. The molecule has 16 heavy (non-hydrogen) atoms. The van der Waals surface area contributed by atoms with Crippen molar-refractivity contribution in [2.24, 2.45) is 17.6 Å². The van der Waals surface area contributed by atoms with Gasteiger partial charge in [0, 0.05) is 12.5 Å². The summed E-state index contributed by atoms with van der Waals surface area (Å²) >= 11 is 0. The number of carbonyl (C=O) groups is 1. The lowest BCUT2D eigenvalue weighted by Gasteiger charge is -2.18. The first kappa shape index (κ1) is 13.0. The predicted molar refractivity (Wildman–Crippen MR) is 62.3 cm³/mol. The lowest BCUT2D eigenvalue weighted by atomic mass is 10.0. The Kier molecular flexibility index (Phi) is 5.27. The first-order valence-electron chi connectivity index (χ1n) is 6.10. The van der Waals surface area contributed by atoms with Crippen molar-refractivity contribution in [2.75, 3.05) is 6.54 Å². The number of nitrogens with zero attached hydrogens (tertiary/aromatic N) is 1. The number of rotatable bonds is 5. The second-order valence-corrected chi connectivity index (χ2v) is 4.55. The molecule has 1 aliphatic carbocycles. The van der Waals surface area contributed by atoms with Gasteiger partial charge in [-0.3, -0.25) is 4.79 Å². The number of nitrogens with two attached hydrogens (primary N) is 1. The minimum absolute atomic E-state index is 0.00176. The molecular formula is C12H21N3O. The average molecular weight is 223 g/mol. The summed E-state index contributed by atoms with van der Waals surface area (Å²) in [6.45, 7) is 2.59. The van der Waals surface area contributed by atoms with Crippen molar-refractivity contribution >= 4 is 5.91 Å². The number of hydrogen-bond acceptors (Lipinski definition) is 3. The number of amides is 1. The van der Waals surface area contributed by atoms with E-state index in [2.05, 4.69) is 11.4 Å².